The van der Waals surface area contributed by atoms with E-state index in [1.54, 1.807) is 0 Å². The monoisotopic (exact) mass is 354 g/mol. The number of rotatable bonds is 1. The Morgan fingerprint density at radius 1 is 1.42 bits per heavy atom. The van der Waals surface area contributed by atoms with Gasteiger partial charge in [-0.05, 0) is 37.5 Å². The molecule has 0 aromatic carbocycles. The summed E-state index contributed by atoms with van der Waals surface area (Å²) in [5.74, 6) is 8.06. The summed E-state index contributed by atoms with van der Waals surface area (Å²) in [6.07, 6.45) is 4.95. The molecule has 26 heavy (non-hydrogen) atoms. The zero-order chi connectivity index (χ0) is 18.9. The van der Waals surface area contributed by atoms with Crippen molar-refractivity contribution in [1.29, 1.82) is 0 Å². The molecule has 2 heterocycles. The molecule has 3 rings (SSSR count). The third-order valence-electron chi connectivity index (χ3n) is 5.35. The Labute approximate surface area is 153 Å². The van der Waals surface area contributed by atoms with Crippen LogP contribution in [0.4, 0.5) is 5.82 Å². The van der Waals surface area contributed by atoms with Crippen LogP contribution in [-0.4, -0.2) is 30.5 Å². The summed E-state index contributed by atoms with van der Waals surface area (Å²) < 4.78 is 1.49. The number of aryl methyl sites for hydroxylation is 1. The van der Waals surface area contributed by atoms with E-state index in [2.05, 4.69) is 52.8 Å². The molecular formula is C19H26N6O. The third kappa shape index (κ3) is 3.50. The number of hydrogen-bond donors (Lipinski definition) is 2. The van der Waals surface area contributed by atoms with Crippen molar-refractivity contribution in [3.63, 3.8) is 0 Å². The number of aromatic nitrogens is 4. The van der Waals surface area contributed by atoms with E-state index in [1.165, 1.54) is 10.8 Å². The van der Waals surface area contributed by atoms with Crippen molar-refractivity contribution in [3.8, 4) is 11.8 Å². The standard InChI is InChI=1S/C19H26N6O/c1-12-15(17(20)25-18(23-12)21-11-22-25)7-5-6-13-10-14(19(2,3)4)8-9-16(13)24-26/h11,13-14,26H,6,8-10,20H2,1-4H3. The third-order valence-corrected chi connectivity index (χ3v) is 5.35. The van der Waals surface area contributed by atoms with Crippen molar-refractivity contribution in [2.75, 3.05) is 5.73 Å². The highest BCUT2D eigenvalue weighted by atomic mass is 16.4. The van der Waals surface area contributed by atoms with Crippen LogP contribution in [0.1, 0.15) is 57.7 Å². The summed E-state index contributed by atoms with van der Waals surface area (Å²) in [4.78, 5) is 8.44. The minimum Gasteiger partial charge on any atom is -0.411 e. The lowest BCUT2D eigenvalue weighted by Gasteiger charge is -2.37. The number of nitrogens with zero attached hydrogens (tertiary/aromatic N) is 5. The maximum absolute atomic E-state index is 9.34. The maximum atomic E-state index is 9.34. The van der Waals surface area contributed by atoms with Gasteiger partial charge >= 0.3 is 0 Å². The van der Waals surface area contributed by atoms with E-state index in [1.807, 2.05) is 6.92 Å². The van der Waals surface area contributed by atoms with Gasteiger partial charge in [-0.2, -0.15) is 14.6 Å². The Morgan fingerprint density at radius 2 is 2.19 bits per heavy atom. The maximum Gasteiger partial charge on any atom is 0.254 e. The normalized spacial score (nSPS) is 22.4. The molecule has 1 fully saturated rings. The van der Waals surface area contributed by atoms with Gasteiger partial charge in [0.2, 0.25) is 0 Å². The molecule has 2 atom stereocenters. The van der Waals surface area contributed by atoms with Crippen molar-refractivity contribution in [3.05, 3.63) is 17.6 Å². The lowest BCUT2D eigenvalue weighted by atomic mass is 9.68. The van der Waals surface area contributed by atoms with Gasteiger partial charge in [-0.25, -0.2) is 4.98 Å². The highest BCUT2D eigenvalue weighted by Gasteiger charge is 2.33. The first-order chi connectivity index (χ1) is 12.3. The van der Waals surface area contributed by atoms with E-state index in [4.69, 9.17) is 5.73 Å². The molecular weight excluding hydrogens is 328 g/mol. The molecule has 1 saturated carbocycles. The molecule has 0 aliphatic heterocycles. The summed E-state index contributed by atoms with van der Waals surface area (Å²) in [5.41, 5.74) is 8.69. The average Bonchev–Trinajstić information content (AvgIpc) is 3.05. The molecule has 0 amide bonds. The van der Waals surface area contributed by atoms with Gasteiger partial charge in [0, 0.05) is 12.3 Å². The predicted octanol–water partition coefficient (Wildman–Crippen LogP) is 3.05. The van der Waals surface area contributed by atoms with Gasteiger partial charge in [0.25, 0.3) is 5.78 Å². The highest BCUT2D eigenvalue weighted by molar-refractivity contribution is 5.87. The number of fused-ring (bicyclic) bond motifs is 1. The molecule has 138 valence electrons. The van der Waals surface area contributed by atoms with Gasteiger partial charge in [0.15, 0.2) is 0 Å². The van der Waals surface area contributed by atoms with Gasteiger partial charge in [0.1, 0.15) is 12.1 Å². The fourth-order valence-corrected chi connectivity index (χ4v) is 3.64. The Morgan fingerprint density at radius 3 is 2.88 bits per heavy atom. The number of hydrogen-bond acceptors (Lipinski definition) is 6. The molecule has 7 nitrogen and oxygen atoms in total. The van der Waals surface area contributed by atoms with Crippen LogP contribution in [0.25, 0.3) is 5.78 Å². The molecule has 3 N–H and O–H groups in total. The summed E-state index contributed by atoms with van der Waals surface area (Å²) in [5, 5.41) is 16.9. The van der Waals surface area contributed by atoms with Gasteiger partial charge in [-0.3, -0.25) is 0 Å². The van der Waals surface area contributed by atoms with Crippen molar-refractivity contribution >= 4 is 17.3 Å². The molecule has 0 radical (unpaired) electrons. The molecule has 1 aliphatic rings. The number of nitrogens with two attached hydrogens (primary N) is 1. The second kappa shape index (κ2) is 6.94. The summed E-state index contributed by atoms with van der Waals surface area (Å²) in [7, 11) is 0. The number of oxime groups is 1. The molecule has 0 saturated heterocycles. The van der Waals surface area contributed by atoms with Crippen LogP contribution in [-0.2, 0) is 0 Å². The Bertz CT molecular complexity index is 896. The largest absolute Gasteiger partial charge is 0.411 e. The van der Waals surface area contributed by atoms with Gasteiger partial charge in [-0.1, -0.05) is 37.8 Å². The zero-order valence-electron chi connectivity index (χ0n) is 15.8. The molecule has 7 heteroatoms. The van der Waals surface area contributed by atoms with E-state index in [9.17, 15) is 5.21 Å². The van der Waals surface area contributed by atoms with Crippen LogP contribution in [0.5, 0.6) is 0 Å². The van der Waals surface area contributed by atoms with E-state index in [0.29, 0.717) is 29.5 Å². The van der Waals surface area contributed by atoms with Crippen molar-refractivity contribution in [2.45, 2.75) is 53.4 Å². The molecule has 2 aromatic heterocycles. The SMILES string of the molecule is Cc1nc2ncnn2c(N)c1C#CCC1CC(C(C)(C)C)CCC1=NO. The molecule has 1 aliphatic carbocycles. The van der Waals surface area contributed by atoms with E-state index < -0.39 is 0 Å². The Hall–Kier alpha value is -2.62. The van der Waals surface area contributed by atoms with Crippen molar-refractivity contribution in [2.24, 2.45) is 22.4 Å². The quantitative estimate of drug-likeness (QED) is 0.465. The molecule has 0 spiro atoms. The average molecular weight is 354 g/mol. The van der Waals surface area contributed by atoms with E-state index in [0.717, 1.165) is 30.7 Å². The van der Waals surface area contributed by atoms with Crippen LogP contribution < -0.4 is 5.73 Å². The summed E-state index contributed by atoms with van der Waals surface area (Å²) in [6, 6.07) is 0. The van der Waals surface area contributed by atoms with E-state index >= 15 is 0 Å². The first kappa shape index (κ1) is 18.2. The Kier molecular flexibility index (Phi) is 4.86. The molecule has 2 aromatic rings. The van der Waals surface area contributed by atoms with E-state index in [-0.39, 0.29) is 11.3 Å². The topological polar surface area (TPSA) is 102 Å². The lowest BCUT2D eigenvalue weighted by Crippen LogP contribution is -2.32. The van der Waals surface area contributed by atoms with Crippen molar-refractivity contribution in [1.82, 2.24) is 19.6 Å². The van der Waals surface area contributed by atoms with Crippen LogP contribution >= 0.6 is 0 Å². The number of nitrogen functional groups attached to an aromatic ring is 1. The summed E-state index contributed by atoms with van der Waals surface area (Å²) in [6.45, 7) is 8.67. The van der Waals surface area contributed by atoms with Crippen LogP contribution in [0, 0.1) is 36.0 Å². The Balaban J connectivity index is 1.82. The fourth-order valence-electron chi connectivity index (χ4n) is 3.64. The second-order valence-electron chi connectivity index (χ2n) is 8.06. The van der Waals surface area contributed by atoms with Gasteiger partial charge in [-0.15, -0.1) is 0 Å². The first-order valence-electron chi connectivity index (χ1n) is 8.96. The van der Waals surface area contributed by atoms with Crippen LogP contribution in [0.15, 0.2) is 11.5 Å². The van der Waals surface area contributed by atoms with Crippen LogP contribution in [0.3, 0.4) is 0 Å². The minimum absolute atomic E-state index is 0.176. The predicted molar refractivity (Wildman–Crippen MR) is 101 cm³/mol. The summed E-state index contributed by atoms with van der Waals surface area (Å²) >= 11 is 0. The first-order valence-corrected chi connectivity index (χ1v) is 8.96. The van der Waals surface area contributed by atoms with Gasteiger partial charge < -0.3 is 10.9 Å². The fraction of sp³-hybridized carbons (Fsp3) is 0.579. The zero-order valence-corrected chi connectivity index (χ0v) is 15.8. The minimum atomic E-state index is 0.176. The smallest absolute Gasteiger partial charge is 0.254 e. The molecule has 2 unspecified atom stereocenters. The lowest BCUT2D eigenvalue weighted by molar-refractivity contribution is 0.183. The highest BCUT2D eigenvalue weighted by Crippen LogP contribution is 2.40. The van der Waals surface area contributed by atoms with Crippen molar-refractivity contribution < 1.29 is 5.21 Å². The second-order valence-corrected chi connectivity index (χ2v) is 8.06. The van der Waals surface area contributed by atoms with Crippen LogP contribution in [0.2, 0.25) is 0 Å². The molecule has 0 bridgehead atoms. The van der Waals surface area contributed by atoms with Gasteiger partial charge in [0.05, 0.1) is 17.0 Å². The number of anilines is 1.